The van der Waals surface area contributed by atoms with Crippen LogP contribution in [0.2, 0.25) is 0 Å². The molecule has 1 atom stereocenters. The summed E-state index contributed by atoms with van der Waals surface area (Å²) in [6.07, 6.45) is 2.11. The number of aromatic nitrogens is 2. The molecule has 2 aromatic rings. The smallest absolute Gasteiger partial charge is 0.240 e. The van der Waals surface area contributed by atoms with E-state index in [1.165, 1.54) is 11.3 Å². The normalized spacial score (nSPS) is 19.9. The molecule has 1 N–H and O–H groups in total. The van der Waals surface area contributed by atoms with Gasteiger partial charge in [0.15, 0.2) is 11.5 Å². The molecule has 7 nitrogen and oxygen atoms in total. The van der Waals surface area contributed by atoms with Crippen LogP contribution in [0.5, 0.6) is 11.5 Å². The number of carbonyl (C=O) groups is 1. The van der Waals surface area contributed by atoms with Crippen LogP contribution in [-0.2, 0) is 4.79 Å². The third-order valence-electron chi connectivity index (χ3n) is 4.10. The quantitative estimate of drug-likeness (QED) is 0.923. The van der Waals surface area contributed by atoms with E-state index >= 15 is 0 Å². The molecule has 0 spiro atoms. The molecule has 4 rings (SSSR count). The van der Waals surface area contributed by atoms with Gasteiger partial charge in [0.25, 0.3) is 0 Å². The molecule has 0 bridgehead atoms. The lowest BCUT2D eigenvalue weighted by Crippen LogP contribution is -2.32. The van der Waals surface area contributed by atoms with Crippen molar-refractivity contribution in [1.82, 2.24) is 15.1 Å². The standard InChI is InChI=1S/C15H16N4O3S/c20-14(17-15-18-16-8-23-15)7-19-5-1-2-11(19)10-3-4-12-13(6-10)22-9-21-12/h3-4,6,8,11H,1-2,5,7,9H2,(H,17,18,20). The van der Waals surface area contributed by atoms with Crippen LogP contribution in [0.1, 0.15) is 24.4 Å². The number of ether oxygens (including phenoxy) is 2. The van der Waals surface area contributed by atoms with Gasteiger partial charge >= 0.3 is 0 Å². The second-order valence-corrected chi connectivity index (χ2v) is 6.37. The maximum atomic E-state index is 12.2. The molecule has 0 saturated carbocycles. The van der Waals surface area contributed by atoms with Gasteiger partial charge in [-0.1, -0.05) is 17.4 Å². The van der Waals surface area contributed by atoms with Gasteiger partial charge in [0.05, 0.1) is 6.54 Å². The summed E-state index contributed by atoms with van der Waals surface area (Å²) in [5.41, 5.74) is 2.76. The molecule has 1 fully saturated rings. The van der Waals surface area contributed by atoms with Crippen LogP contribution in [0.3, 0.4) is 0 Å². The van der Waals surface area contributed by atoms with Gasteiger partial charge in [0, 0.05) is 6.04 Å². The van der Waals surface area contributed by atoms with Crippen molar-refractivity contribution < 1.29 is 14.3 Å². The molecule has 0 aliphatic carbocycles. The summed E-state index contributed by atoms with van der Waals surface area (Å²) in [4.78, 5) is 14.4. The van der Waals surface area contributed by atoms with Crippen LogP contribution in [-0.4, -0.2) is 40.9 Å². The van der Waals surface area contributed by atoms with E-state index in [4.69, 9.17) is 9.47 Å². The number of rotatable bonds is 4. The Hall–Kier alpha value is -2.19. The van der Waals surface area contributed by atoms with E-state index < -0.39 is 0 Å². The molecule has 1 aromatic carbocycles. The molecule has 2 aliphatic rings. The number of carbonyl (C=O) groups excluding carboxylic acids is 1. The van der Waals surface area contributed by atoms with Gasteiger partial charge < -0.3 is 9.47 Å². The molecule has 120 valence electrons. The van der Waals surface area contributed by atoms with Gasteiger partial charge in [0.2, 0.25) is 17.8 Å². The summed E-state index contributed by atoms with van der Waals surface area (Å²) in [5, 5.41) is 10.9. The Morgan fingerprint density at radius 1 is 1.39 bits per heavy atom. The Balaban J connectivity index is 1.45. The van der Waals surface area contributed by atoms with Gasteiger partial charge in [-0.15, -0.1) is 10.2 Å². The monoisotopic (exact) mass is 332 g/mol. The van der Waals surface area contributed by atoms with Crippen molar-refractivity contribution in [2.45, 2.75) is 18.9 Å². The van der Waals surface area contributed by atoms with Crippen molar-refractivity contribution in [3.05, 3.63) is 29.3 Å². The number of nitrogens with one attached hydrogen (secondary N) is 1. The zero-order valence-electron chi connectivity index (χ0n) is 12.4. The number of benzene rings is 1. The Morgan fingerprint density at radius 3 is 3.17 bits per heavy atom. The fourth-order valence-corrected chi connectivity index (χ4v) is 3.55. The molecule has 1 aromatic heterocycles. The summed E-state index contributed by atoms with van der Waals surface area (Å²) in [6, 6.07) is 6.24. The summed E-state index contributed by atoms with van der Waals surface area (Å²) < 4.78 is 10.8. The topological polar surface area (TPSA) is 76.6 Å². The van der Waals surface area contributed by atoms with E-state index in [-0.39, 0.29) is 18.7 Å². The Bertz CT molecular complexity index is 707. The molecule has 8 heteroatoms. The average molecular weight is 332 g/mol. The number of hydrogen-bond acceptors (Lipinski definition) is 7. The first-order valence-electron chi connectivity index (χ1n) is 7.49. The van der Waals surface area contributed by atoms with Crippen LogP contribution in [0.4, 0.5) is 5.13 Å². The first-order chi connectivity index (χ1) is 11.3. The minimum Gasteiger partial charge on any atom is -0.454 e. The van der Waals surface area contributed by atoms with E-state index in [1.807, 2.05) is 12.1 Å². The lowest BCUT2D eigenvalue weighted by Gasteiger charge is -2.24. The fraction of sp³-hybridized carbons (Fsp3) is 0.400. The predicted molar refractivity (Wildman–Crippen MR) is 84.7 cm³/mol. The summed E-state index contributed by atoms with van der Waals surface area (Å²) >= 11 is 1.32. The largest absolute Gasteiger partial charge is 0.454 e. The molecule has 0 radical (unpaired) electrons. The van der Waals surface area contributed by atoms with Crippen molar-refractivity contribution in [3.63, 3.8) is 0 Å². The lowest BCUT2D eigenvalue weighted by molar-refractivity contribution is -0.117. The minimum absolute atomic E-state index is 0.0607. The van der Waals surface area contributed by atoms with Gasteiger partial charge in [-0.3, -0.25) is 15.0 Å². The Morgan fingerprint density at radius 2 is 2.30 bits per heavy atom. The highest BCUT2D eigenvalue weighted by molar-refractivity contribution is 7.13. The highest BCUT2D eigenvalue weighted by Crippen LogP contribution is 2.38. The Kier molecular flexibility index (Phi) is 3.84. The van der Waals surface area contributed by atoms with Crippen molar-refractivity contribution in [2.75, 3.05) is 25.2 Å². The number of hydrogen-bond donors (Lipinski definition) is 1. The fourth-order valence-electron chi connectivity index (χ4n) is 3.08. The first-order valence-corrected chi connectivity index (χ1v) is 8.37. The van der Waals surface area contributed by atoms with Crippen LogP contribution in [0.15, 0.2) is 23.7 Å². The molecule has 1 unspecified atom stereocenters. The van der Waals surface area contributed by atoms with E-state index in [0.29, 0.717) is 11.7 Å². The predicted octanol–water partition coefficient (Wildman–Crippen LogP) is 2.04. The van der Waals surface area contributed by atoms with Gasteiger partial charge in [-0.2, -0.15) is 0 Å². The van der Waals surface area contributed by atoms with Crippen LogP contribution in [0, 0.1) is 0 Å². The van der Waals surface area contributed by atoms with Crippen molar-refractivity contribution in [2.24, 2.45) is 0 Å². The van der Waals surface area contributed by atoms with Crippen molar-refractivity contribution in [3.8, 4) is 11.5 Å². The van der Waals surface area contributed by atoms with Crippen molar-refractivity contribution >= 4 is 22.4 Å². The highest BCUT2D eigenvalue weighted by atomic mass is 32.1. The third-order valence-corrected chi connectivity index (χ3v) is 4.70. The van der Waals surface area contributed by atoms with Crippen molar-refractivity contribution in [1.29, 1.82) is 0 Å². The second-order valence-electron chi connectivity index (χ2n) is 5.53. The van der Waals surface area contributed by atoms with Gasteiger partial charge in [-0.05, 0) is 37.1 Å². The zero-order valence-corrected chi connectivity index (χ0v) is 13.2. The van der Waals surface area contributed by atoms with E-state index in [0.717, 1.165) is 36.4 Å². The molecular weight excluding hydrogens is 316 g/mol. The van der Waals surface area contributed by atoms with E-state index in [1.54, 1.807) is 5.51 Å². The zero-order chi connectivity index (χ0) is 15.6. The molecule has 3 heterocycles. The maximum absolute atomic E-state index is 12.2. The average Bonchev–Trinajstić information content (AvgIpc) is 3.27. The lowest BCUT2D eigenvalue weighted by atomic mass is 10.0. The number of amides is 1. The highest BCUT2D eigenvalue weighted by Gasteiger charge is 2.29. The molecule has 23 heavy (non-hydrogen) atoms. The SMILES string of the molecule is O=C(CN1CCCC1c1ccc2c(c1)OCO2)Nc1nncs1. The number of likely N-dealkylation sites (tertiary alicyclic amines) is 1. The molecule has 1 amide bonds. The molecule has 2 aliphatic heterocycles. The summed E-state index contributed by atoms with van der Waals surface area (Å²) in [6.45, 7) is 1.53. The van der Waals surface area contributed by atoms with E-state index in [2.05, 4.69) is 26.5 Å². The van der Waals surface area contributed by atoms with Crippen LogP contribution in [0.25, 0.3) is 0 Å². The minimum atomic E-state index is -0.0607. The summed E-state index contributed by atoms with van der Waals surface area (Å²) in [7, 11) is 0. The van der Waals surface area contributed by atoms with E-state index in [9.17, 15) is 4.79 Å². The number of fused-ring (bicyclic) bond motifs is 1. The molecular formula is C15H16N4O3S. The number of nitrogens with zero attached hydrogens (tertiary/aromatic N) is 3. The Labute approximate surface area is 137 Å². The van der Waals surface area contributed by atoms with Gasteiger partial charge in [0.1, 0.15) is 5.51 Å². The second kappa shape index (κ2) is 6.13. The van der Waals surface area contributed by atoms with Crippen LogP contribution < -0.4 is 14.8 Å². The number of anilines is 1. The summed E-state index contributed by atoms with van der Waals surface area (Å²) in [5.74, 6) is 1.51. The first kappa shape index (κ1) is 14.4. The third kappa shape index (κ3) is 2.99. The maximum Gasteiger partial charge on any atom is 0.240 e. The van der Waals surface area contributed by atoms with Gasteiger partial charge in [-0.25, -0.2) is 0 Å². The molecule has 1 saturated heterocycles. The van der Waals surface area contributed by atoms with Crippen LogP contribution >= 0.6 is 11.3 Å².